The van der Waals surface area contributed by atoms with E-state index in [-0.39, 0.29) is 17.9 Å². The van der Waals surface area contributed by atoms with Gasteiger partial charge in [-0.25, -0.2) is 14.4 Å². The maximum absolute atomic E-state index is 13.9. The Morgan fingerprint density at radius 3 is 2.82 bits per heavy atom. The molecule has 4 aromatic heterocycles. The van der Waals surface area contributed by atoms with Crippen LogP contribution in [0.15, 0.2) is 30.6 Å². The van der Waals surface area contributed by atoms with Crippen molar-refractivity contribution in [1.82, 2.24) is 24.6 Å². The van der Waals surface area contributed by atoms with Crippen molar-refractivity contribution in [2.45, 2.75) is 31.7 Å². The number of rotatable bonds is 5. The molecule has 3 fully saturated rings. The van der Waals surface area contributed by atoms with E-state index in [4.69, 9.17) is 9.72 Å². The van der Waals surface area contributed by atoms with Gasteiger partial charge in [0.2, 0.25) is 5.88 Å². The lowest BCUT2D eigenvalue weighted by Crippen LogP contribution is -2.51. The number of anilines is 1. The van der Waals surface area contributed by atoms with Crippen LogP contribution in [0.2, 0.25) is 0 Å². The average molecular weight is 450 g/mol. The summed E-state index contributed by atoms with van der Waals surface area (Å²) in [5, 5.41) is 18.6. The first kappa shape index (κ1) is 20.0. The van der Waals surface area contributed by atoms with Crippen molar-refractivity contribution in [2.75, 3.05) is 12.4 Å². The topological polar surface area (TPSA) is 117 Å². The number of carboxylic acid groups (broad SMARTS) is 1. The van der Waals surface area contributed by atoms with E-state index in [1.807, 2.05) is 6.07 Å². The van der Waals surface area contributed by atoms with Gasteiger partial charge < -0.3 is 20.1 Å². The Kier molecular flexibility index (Phi) is 4.49. The molecule has 0 amide bonds. The van der Waals surface area contributed by atoms with Crippen LogP contribution in [0, 0.1) is 23.6 Å². The summed E-state index contributed by atoms with van der Waals surface area (Å²) in [7, 11) is 1.56. The SMILES string of the molecule is COc1ccc2c(N[C@@H]3C4CCC(CC4)[C@H]3C(=O)O)nc(-c3c[nH]c4ncc(F)cc34)nn12. The number of fused-ring (bicyclic) bond motifs is 5. The van der Waals surface area contributed by atoms with Crippen LogP contribution in [0.3, 0.4) is 0 Å². The number of aliphatic carboxylic acids is 1. The van der Waals surface area contributed by atoms with Crippen molar-refractivity contribution < 1.29 is 19.0 Å². The molecule has 3 saturated carbocycles. The molecule has 3 aliphatic carbocycles. The van der Waals surface area contributed by atoms with Crippen LogP contribution in [-0.4, -0.2) is 48.8 Å². The number of H-pyrrole nitrogens is 1. The number of nitrogens with zero attached hydrogens (tertiary/aromatic N) is 4. The largest absolute Gasteiger partial charge is 0.481 e. The Hall–Kier alpha value is -3.69. The van der Waals surface area contributed by atoms with Crippen molar-refractivity contribution >= 4 is 28.3 Å². The summed E-state index contributed by atoms with van der Waals surface area (Å²) in [5.74, 6) is 0.170. The second-order valence-electron chi connectivity index (χ2n) is 8.92. The molecule has 33 heavy (non-hydrogen) atoms. The van der Waals surface area contributed by atoms with Gasteiger partial charge in [0, 0.05) is 29.3 Å². The van der Waals surface area contributed by atoms with E-state index in [0.717, 1.165) is 31.9 Å². The van der Waals surface area contributed by atoms with Gasteiger partial charge in [0.25, 0.3) is 0 Å². The van der Waals surface area contributed by atoms with E-state index in [1.165, 1.54) is 6.07 Å². The molecule has 3 N–H and O–H groups in total. The van der Waals surface area contributed by atoms with Gasteiger partial charge in [0.1, 0.15) is 17.0 Å². The first-order valence-electron chi connectivity index (χ1n) is 11.1. The van der Waals surface area contributed by atoms with E-state index in [1.54, 1.807) is 23.9 Å². The first-order valence-corrected chi connectivity index (χ1v) is 11.1. The van der Waals surface area contributed by atoms with Crippen LogP contribution in [0.25, 0.3) is 27.9 Å². The van der Waals surface area contributed by atoms with Gasteiger partial charge in [-0.1, -0.05) is 0 Å². The molecule has 4 heterocycles. The number of ether oxygens (including phenoxy) is 1. The highest BCUT2D eigenvalue weighted by Gasteiger charge is 2.47. The molecule has 0 saturated heterocycles. The molecule has 0 radical (unpaired) electrons. The van der Waals surface area contributed by atoms with Gasteiger partial charge in [0.05, 0.1) is 19.2 Å². The smallest absolute Gasteiger partial charge is 0.308 e. The highest BCUT2D eigenvalue weighted by molar-refractivity contribution is 5.92. The van der Waals surface area contributed by atoms with Crippen LogP contribution in [0.1, 0.15) is 25.7 Å². The highest BCUT2D eigenvalue weighted by atomic mass is 19.1. The molecule has 7 rings (SSSR count). The maximum Gasteiger partial charge on any atom is 0.308 e. The Labute approximate surface area is 188 Å². The summed E-state index contributed by atoms with van der Waals surface area (Å²) >= 11 is 0. The van der Waals surface area contributed by atoms with Crippen molar-refractivity contribution in [1.29, 1.82) is 0 Å². The molecule has 0 spiro atoms. The molecular formula is C23H23FN6O3. The van der Waals surface area contributed by atoms with Gasteiger partial charge in [0.15, 0.2) is 11.6 Å². The van der Waals surface area contributed by atoms with E-state index in [9.17, 15) is 14.3 Å². The zero-order valence-corrected chi connectivity index (χ0v) is 18.0. The minimum absolute atomic E-state index is 0.173. The summed E-state index contributed by atoms with van der Waals surface area (Å²) in [6.07, 6.45) is 6.78. The zero-order chi connectivity index (χ0) is 22.7. The Bertz CT molecular complexity index is 1370. The Morgan fingerprint density at radius 2 is 2.06 bits per heavy atom. The molecule has 3 aliphatic rings. The standard InChI is InChI=1S/C23H23FN6O3/c1-33-17-7-6-16-22(27-19-12-4-2-11(3-5-12)18(19)23(31)32)28-21(29-30(16)17)15-10-26-20-14(15)8-13(24)9-25-20/h6-12,18-19H,2-5H2,1H3,(H,25,26)(H,31,32)(H,27,28,29)/t11?,12?,18-,19-/m1/s1. The second-order valence-corrected chi connectivity index (χ2v) is 8.92. The lowest BCUT2D eigenvalue weighted by Gasteiger charge is -2.47. The van der Waals surface area contributed by atoms with Gasteiger partial charge in [-0.05, 0) is 49.7 Å². The quantitative estimate of drug-likeness (QED) is 0.424. The van der Waals surface area contributed by atoms with Crippen LogP contribution in [0.4, 0.5) is 10.2 Å². The number of aromatic amines is 1. The zero-order valence-electron chi connectivity index (χ0n) is 18.0. The minimum atomic E-state index is -0.765. The molecular weight excluding hydrogens is 427 g/mol. The highest BCUT2D eigenvalue weighted by Crippen LogP contribution is 2.46. The predicted octanol–water partition coefficient (Wildman–Crippen LogP) is 3.72. The van der Waals surface area contributed by atoms with Gasteiger partial charge in [-0.15, -0.1) is 5.10 Å². The van der Waals surface area contributed by atoms with E-state index in [2.05, 4.69) is 20.4 Å². The van der Waals surface area contributed by atoms with E-state index >= 15 is 0 Å². The van der Waals surface area contributed by atoms with Gasteiger partial charge in [-0.3, -0.25) is 4.79 Å². The monoisotopic (exact) mass is 450 g/mol. The number of carboxylic acids is 1. The third kappa shape index (κ3) is 3.12. The summed E-state index contributed by atoms with van der Waals surface area (Å²) in [5.41, 5.74) is 1.81. The first-order chi connectivity index (χ1) is 16.0. The number of aromatic nitrogens is 5. The maximum atomic E-state index is 13.9. The van der Waals surface area contributed by atoms with Crippen molar-refractivity contribution in [3.63, 3.8) is 0 Å². The van der Waals surface area contributed by atoms with Gasteiger partial charge >= 0.3 is 5.97 Å². The van der Waals surface area contributed by atoms with Crippen LogP contribution in [-0.2, 0) is 4.79 Å². The normalized spacial score (nSPS) is 24.4. The second kappa shape index (κ2) is 7.43. The summed E-state index contributed by atoms with van der Waals surface area (Å²) in [6.45, 7) is 0. The van der Waals surface area contributed by atoms with Gasteiger partial charge in [-0.2, -0.15) is 4.52 Å². The lowest BCUT2D eigenvalue weighted by molar-refractivity contribution is -0.148. The fourth-order valence-corrected chi connectivity index (χ4v) is 5.68. The third-order valence-electron chi connectivity index (χ3n) is 7.23. The van der Waals surface area contributed by atoms with Crippen LogP contribution >= 0.6 is 0 Å². The number of hydrogen-bond donors (Lipinski definition) is 3. The Morgan fingerprint density at radius 1 is 1.27 bits per heavy atom. The number of methoxy groups -OCH3 is 1. The molecule has 0 aliphatic heterocycles. The Balaban J connectivity index is 1.50. The van der Waals surface area contributed by atoms with Crippen LogP contribution < -0.4 is 10.1 Å². The number of carbonyl (C=O) groups is 1. The molecule has 4 aromatic rings. The average Bonchev–Trinajstić information content (AvgIpc) is 3.43. The molecule has 0 unspecified atom stereocenters. The van der Waals surface area contributed by atoms with Crippen molar-refractivity contribution in [2.24, 2.45) is 17.8 Å². The minimum Gasteiger partial charge on any atom is -0.481 e. The molecule has 10 heteroatoms. The van der Waals surface area contributed by atoms with Crippen LogP contribution in [0.5, 0.6) is 5.88 Å². The third-order valence-corrected chi connectivity index (χ3v) is 7.23. The number of nitrogens with one attached hydrogen (secondary N) is 2. The van der Waals surface area contributed by atoms with Crippen molar-refractivity contribution in [3.05, 3.63) is 36.4 Å². The fourth-order valence-electron chi connectivity index (χ4n) is 5.68. The fraction of sp³-hybridized carbons (Fsp3) is 0.391. The van der Waals surface area contributed by atoms with Crippen molar-refractivity contribution in [3.8, 4) is 17.3 Å². The summed E-state index contributed by atoms with van der Waals surface area (Å²) in [4.78, 5) is 24.0. The predicted molar refractivity (Wildman–Crippen MR) is 119 cm³/mol. The molecule has 0 aromatic carbocycles. The summed E-state index contributed by atoms with van der Waals surface area (Å²) in [6, 6.07) is 4.81. The van der Waals surface area contributed by atoms with E-state index in [0.29, 0.717) is 39.6 Å². The lowest BCUT2D eigenvalue weighted by atomic mass is 9.61. The molecule has 9 nitrogen and oxygen atoms in total. The summed E-state index contributed by atoms with van der Waals surface area (Å²) < 4.78 is 21.0. The number of hydrogen-bond acceptors (Lipinski definition) is 6. The number of halogens is 1. The number of pyridine rings is 1. The van der Waals surface area contributed by atoms with E-state index < -0.39 is 17.7 Å². The molecule has 2 atom stereocenters. The molecule has 170 valence electrons. The molecule has 2 bridgehead atoms.